The zero-order chi connectivity index (χ0) is 14.7. The van der Waals surface area contributed by atoms with E-state index in [0.29, 0.717) is 12.3 Å². The summed E-state index contributed by atoms with van der Waals surface area (Å²) in [5.74, 6) is 0.0614. The molecular weight excluding hydrogens is 268 g/mol. The average molecular weight is 282 g/mol. The van der Waals surface area contributed by atoms with Gasteiger partial charge in [0.05, 0.1) is 18.2 Å². The fourth-order valence-electron chi connectivity index (χ4n) is 1.93. The molecule has 0 saturated carbocycles. The standard InChI is InChI=1S/C15H14N4O2/c1-19-10-12(9-18-19)13-5-4-11(7-16-13)8-17-15(20)14-3-2-6-21-14/h2-7,9-10H,8H2,1H3,(H,17,20). The van der Waals surface area contributed by atoms with Crippen molar-refractivity contribution in [3.63, 3.8) is 0 Å². The number of carbonyl (C=O) groups is 1. The van der Waals surface area contributed by atoms with Gasteiger partial charge in [-0.2, -0.15) is 5.10 Å². The van der Waals surface area contributed by atoms with Crippen molar-refractivity contribution in [3.05, 3.63) is 60.4 Å². The van der Waals surface area contributed by atoms with Gasteiger partial charge in [-0.1, -0.05) is 6.07 Å². The SMILES string of the molecule is Cn1cc(-c2ccc(CNC(=O)c3ccco3)cn2)cn1. The minimum absolute atomic E-state index is 0.240. The fourth-order valence-corrected chi connectivity index (χ4v) is 1.93. The minimum Gasteiger partial charge on any atom is -0.459 e. The second-order valence-electron chi connectivity index (χ2n) is 4.61. The first-order valence-corrected chi connectivity index (χ1v) is 6.48. The first-order valence-electron chi connectivity index (χ1n) is 6.48. The molecule has 0 aromatic carbocycles. The van der Waals surface area contributed by atoms with Crippen LogP contribution in [0.2, 0.25) is 0 Å². The van der Waals surface area contributed by atoms with Crippen molar-refractivity contribution in [1.82, 2.24) is 20.1 Å². The Morgan fingerprint density at radius 3 is 2.86 bits per heavy atom. The number of nitrogens with zero attached hydrogens (tertiary/aromatic N) is 3. The van der Waals surface area contributed by atoms with E-state index in [1.54, 1.807) is 29.2 Å². The van der Waals surface area contributed by atoms with Gasteiger partial charge in [-0.3, -0.25) is 14.5 Å². The van der Waals surface area contributed by atoms with Gasteiger partial charge in [-0.25, -0.2) is 0 Å². The molecule has 1 N–H and O–H groups in total. The molecule has 3 heterocycles. The molecular formula is C15H14N4O2. The lowest BCUT2D eigenvalue weighted by Crippen LogP contribution is -2.22. The molecule has 0 bridgehead atoms. The predicted octanol–water partition coefficient (Wildman–Crippen LogP) is 2.01. The smallest absolute Gasteiger partial charge is 0.287 e. The molecule has 0 spiro atoms. The number of amides is 1. The number of hydrogen-bond acceptors (Lipinski definition) is 4. The van der Waals surface area contributed by atoms with Crippen LogP contribution < -0.4 is 5.32 Å². The Labute approximate surface area is 121 Å². The molecule has 0 aliphatic heterocycles. The lowest BCUT2D eigenvalue weighted by Gasteiger charge is -2.04. The molecule has 0 fully saturated rings. The van der Waals surface area contributed by atoms with Crippen molar-refractivity contribution in [2.45, 2.75) is 6.54 Å². The third-order valence-corrected chi connectivity index (χ3v) is 3.02. The Hall–Kier alpha value is -2.89. The van der Waals surface area contributed by atoms with Crippen molar-refractivity contribution in [1.29, 1.82) is 0 Å². The summed E-state index contributed by atoms with van der Waals surface area (Å²) in [5.41, 5.74) is 2.73. The van der Waals surface area contributed by atoms with Gasteiger partial charge in [-0.15, -0.1) is 0 Å². The van der Waals surface area contributed by atoms with Crippen molar-refractivity contribution < 1.29 is 9.21 Å². The Morgan fingerprint density at radius 1 is 1.33 bits per heavy atom. The van der Waals surface area contributed by atoms with Crippen LogP contribution in [-0.2, 0) is 13.6 Å². The molecule has 0 saturated heterocycles. The molecule has 0 aliphatic carbocycles. The highest BCUT2D eigenvalue weighted by Gasteiger charge is 2.08. The summed E-state index contributed by atoms with van der Waals surface area (Å²) in [4.78, 5) is 16.1. The number of nitrogens with one attached hydrogen (secondary N) is 1. The summed E-state index contributed by atoms with van der Waals surface area (Å²) in [6, 6.07) is 7.14. The highest BCUT2D eigenvalue weighted by molar-refractivity contribution is 5.91. The maximum absolute atomic E-state index is 11.7. The van der Waals surface area contributed by atoms with E-state index >= 15 is 0 Å². The lowest BCUT2D eigenvalue weighted by molar-refractivity contribution is 0.0923. The summed E-state index contributed by atoms with van der Waals surface area (Å²) in [6.07, 6.45) is 6.88. The highest BCUT2D eigenvalue weighted by atomic mass is 16.3. The summed E-state index contributed by atoms with van der Waals surface area (Å²) in [5, 5.41) is 6.89. The molecule has 0 unspecified atom stereocenters. The largest absolute Gasteiger partial charge is 0.459 e. The van der Waals surface area contributed by atoms with Crippen LogP contribution in [0.25, 0.3) is 11.3 Å². The third kappa shape index (κ3) is 3.00. The van der Waals surface area contributed by atoms with Crippen LogP contribution in [0, 0.1) is 0 Å². The number of hydrogen-bond donors (Lipinski definition) is 1. The zero-order valence-electron chi connectivity index (χ0n) is 11.5. The Morgan fingerprint density at radius 2 is 2.24 bits per heavy atom. The third-order valence-electron chi connectivity index (χ3n) is 3.02. The molecule has 0 atom stereocenters. The zero-order valence-corrected chi connectivity index (χ0v) is 11.5. The van der Waals surface area contributed by atoms with Gasteiger partial charge in [-0.05, 0) is 23.8 Å². The van der Waals surface area contributed by atoms with Crippen LogP contribution in [0.3, 0.4) is 0 Å². The van der Waals surface area contributed by atoms with Crippen LogP contribution in [-0.4, -0.2) is 20.7 Å². The molecule has 3 aromatic rings. The van der Waals surface area contributed by atoms with Gasteiger partial charge in [0, 0.05) is 31.5 Å². The van der Waals surface area contributed by atoms with Crippen LogP contribution in [0.5, 0.6) is 0 Å². The number of aromatic nitrogens is 3. The van der Waals surface area contributed by atoms with E-state index in [-0.39, 0.29) is 5.91 Å². The molecule has 3 rings (SSSR count). The molecule has 0 radical (unpaired) electrons. The maximum Gasteiger partial charge on any atom is 0.287 e. The highest BCUT2D eigenvalue weighted by Crippen LogP contribution is 2.15. The Bertz CT molecular complexity index is 729. The van der Waals surface area contributed by atoms with E-state index in [9.17, 15) is 4.79 Å². The van der Waals surface area contributed by atoms with Gasteiger partial charge < -0.3 is 9.73 Å². The average Bonchev–Trinajstić information content (AvgIpc) is 3.17. The number of aryl methyl sites for hydroxylation is 1. The maximum atomic E-state index is 11.7. The van der Waals surface area contributed by atoms with Gasteiger partial charge in [0.25, 0.3) is 5.91 Å². The fraction of sp³-hybridized carbons (Fsp3) is 0.133. The van der Waals surface area contributed by atoms with E-state index in [4.69, 9.17) is 4.42 Å². The summed E-state index contributed by atoms with van der Waals surface area (Å²) in [7, 11) is 1.86. The van der Waals surface area contributed by atoms with Gasteiger partial charge in [0.2, 0.25) is 0 Å². The molecule has 1 amide bonds. The number of pyridine rings is 1. The van der Waals surface area contributed by atoms with Gasteiger partial charge >= 0.3 is 0 Å². The number of furan rings is 1. The van der Waals surface area contributed by atoms with Crippen LogP contribution in [0.15, 0.2) is 53.5 Å². The van der Waals surface area contributed by atoms with E-state index in [2.05, 4.69) is 15.4 Å². The second kappa shape index (κ2) is 5.62. The van der Waals surface area contributed by atoms with E-state index in [1.165, 1.54) is 6.26 Å². The van der Waals surface area contributed by atoms with E-state index < -0.39 is 0 Å². The first-order chi connectivity index (χ1) is 10.2. The topological polar surface area (TPSA) is 73.0 Å². The van der Waals surface area contributed by atoms with Crippen molar-refractivity contribution in [3.8, 4) is 11.3 Å². The summed E-state index contributed by atoms with van der Waals surface area (Å²) < 4.78 is 6.76. The molecule has 106 valence electrons. The quantitative estimate of drug-likeness (QED) is 0.794. The van der Waals surface area contributed by atoms with E-state index in [0.717, 1.165) is 16.8 Å². The van der Waals surface area contributed by atoms with Crippen molar-refractivity contribution >= 4 is 5.91 Å². The lowest BCUT2D eigenvalue weighted by atomic mass is 10.2. The molecule has 21 heavy (non-hydrogen) atoms. The van der Waals surface area contributed by atoms with E-state index in [1.807, 2.05) is 25.4 Å². The molecule has 6 nitrogen and oxygen atoms in total. The van der Waals surface area contributed by atoms with Crippen molar-refractivity contribution in [2.75, 3.05) is 0 Å². The summed E-state index contributed by atoms with van der Waals surface area (Å²) in [6.45, 7) is 0.403. The first kappa shape index (κ1) is 13.1. The molecule has 0 aliphatic rings. The Balaban J connectivity index is 1.63. The molecule has 3 aromatic heterocycles. The van der Waals surface area contributed by atoms with Crippen LogP contribution in [0.4, 0.5) is 0 Å². The predicted molar refractivity (Wildman–Crippen MR) is 76.3 cm³/mol. The van der Waals surface area contributed by atoms with Crippen LogP contribution in [0.1, 0.15) is 16.1 Å². The summed E-state index contributed by atoms with van der Waals surface area (Å²) >= 11 is 0. The van der Waals surface area contributed by atoms with Gasteiger partial charge in [0.15, 0.2) is 5.76 Å². The van der Waals surface area contributed by atoms with Crippen LogP contribution >= 0.6 is 0 Å². The normalized spacial score (nSPS) is 10.5. The monoisotopic (exact) mass is 282 g/mol. The number of rotatable bonds is 4. The van der Waals surface area contributed by atoms with Crippen molar-refractivity contribution in [2.24, 2.45) is 7.05 Å². The minimum atomic E-state index is -0.240. The molecule has 6 heteroatoms. The second-order valence-corrected chi connectivity index (χ2v) is 4.61. The number of carbonyl (C=O) groups excluding carboxylic acids is 1. The van der Waals surface area contributed by atoms with Gasteiger partial charge in [0.1, 0.15) is 0 Å². The Kier molecular flexibility index (Phi) is 3.51.